The minimum atomic E-state index is -0.422. The highest BCUT2D eigenvalue weighted by Gasteiger charge is 2.26. The van der Waals surface area contributed by atoms with E-state index < -0.39 is 5.60 Å². The number of unbranched alkanes of at least 4 members (excludes halogenated alkanes) is 2. The van der Waals surface area contributed by atoms with Gasteiger partial charge in [0.15, 0.2) is 0 Å². The van der Waals surface area contributed by atoms with Gasteiger partial charge in [0.05, 0.1) is 0 Å². The molecule has 0 unspecified atom stereocenters. The minimum absolute atomic E-state index is 0.173. The van der Waals surface area contributed by atoms with Crippen molar-refractivity contribution in [3.8, 4) is 0 Å². The van der Waals surface area contributed by atoms with Gasteiger partial charge in [-0.05, 0) is 64.5 Å². The first kappa shape index (κ1) is 23.5. The zero-order valence-corrected chi connectivity index (χ0v) is 18.9. The summed E-state index contributed by atoms with van der Waals surface area (Å²) < 4.78 is 5.49. The van der Waals surface area contributed by atoms with Crippen LogP contribution in [-0.4, -0.2) is 42.8 Å². The number of piperidine rings is 1. The fourth-order valence-electron chi connectivity index (χ4n) is 3.68. The van der Waals surface area contributed by atoms with E-state index in [0.717, 1.165) is 45.4 Å². The first-order valence-electron chi connectivity index (χ1n) is 11.3. The van der Waals surface area contributed by atoms with Gasteiger partial charge in [-0.3, -0.25) is 0 Å². The number of hydrogen-bond donors (Lipinski definition) is 1. The van der Waals surface area contributed by atoms with E-state index >= 15 is 0 Å². The lowest BCUT2D eigenvalue weighted by atomic mass is 9.96. The molecule has 1 aromatic rings. The molecule has 1 saturated heterocycles. The van der Waals surface area contributed by atoms with Crippen molar-refractivity contribution >= 4 is 12.2 Å². The van der Waals surface area contributed by atoms with Crippen LogP contribution in [0.5, 0.6) is 0 Å². The predicted molar refractivity (Wildman–Crippen MR) is 122 cm³/mol. The van der Waals surface area contributed by atoms with Crippen LogP contribution in [-0.2, 0) is 4.74 Å². The van der Waals surface area contributed by atoms with Crippen molar-refractivity contribution in [2.75, 3.05) is 26.2 Å². The third-order valence-electron chi connectivity index (χ3n) is 5.32. The van der Waals surface area contributed by atoms with E-state index in [-0.39, 0.29) is 6.09 Å². The molecule has 1 N–H and O–H groups in total. The Bertz CT molecular complexity index is 626. The van der Waals surface area contributed by atoms with Gasteiger partial charge in [0.2, 0.25) is 0 Å². The summed E-state index contributed by atoms with van der Waals surface area (Å²) in [5.41, 5.74) is 2.34. The maximum absolute atomic E-state index is 12.2. The van der Waals surface area contributed by atoms with Crippen molar-refractivity contribution in [3.63, 3.8) is 0 Å². The molecule has 1 amide bonds. The van der Waals surface area contributed by atoms with E-state index in [1.54, 1.807) is 0 Å². The molecule has 4 nitrogen and oxygen atoms in total. The molecule has 0 aliphatic carbocycles. The number of likely N-dealkylation sites (tertiary alicyclic amines) is 1. The number of rotatable bonds is 9. The standard InChI is InChI=1S/C25H40N2O2/c1-5-6-8-13-23(18-21-11-9-7-10-12-21)20-26-19-22-14-16-27(17-15-22)24(28)29-25(2,3)4/h7,9-12,18,22,26H,5-6,8,13-17,19-20H2,1-4H3/b23-18-. The number of nitrogens with one attached hydrogen (secondary N) is 1. The molecule has 0 spiro atoms. The van der Waals surface area contributed by atoms with E-state index in [0.29, 0.717) is 5.92 Å². The molecule has 29 heavy (non-hydrogen) atoms. The van der Waals surface area contributed by atoms with Gasteiger partial charge >= 0.3 is 6.09 Å². The van der Waals surface area contributed by atoms with Crippen LogP contribution in [0.1, 0.15) is 71.8 Å². The van der Waals surface area contributed by atoms with Crippen LogP contribution < -0.4 is 5.32 Å². The Morgan fingerprint density at radius 2 is 1.86 bits per heavy atom. The van der Waals surface area contributed by atoms with Crippen molar-refractivity contribution in [2.45, 2.75) is 71.8 Å². The Hall–Kier alpha value is -1.81. The molecule has 4 heteroatoms. The highest BCUT2D eigenvalue weighted by molar-refractivity contribution is 5.68. The summed E-state index contributed by atoms with van der Waals surface area (Å²) in [4.78, 5) is 14.1. The predicted octanol–water partition coefficient (Wildman–Crippen LogP) is 5.89. The highest BCUT2D eigenvalue weighted by atomic mass is 16.6. The maximum Gasteiger partial charge on any atom is 0.410 e. The molecular formula is C25H40N2O2. The molecule has 0 aromatic heterocycles. The summed E-state index contributed by atoms with van der Waals surface area (Å²) in [5.74, 6) is 0.627. The first-order valence-corrected chi connectivity index (χ1v) is 11.3. The SMILES string of the molecule is CCCCC/C(=C/c1ccccc1)CNCC1CCN(C(=O)OC(C)(C)C)CC1. The number of hydrogen-bond acceptors (Lipinski definition) is 3. The fraction of sp³-hybridized carbons (Fsp3) is 0.640. The zero-order valence-electron chi connectivity index (χ0n) is 18.9. The second kappa shape index (κ2) is 12.0. The van der Waals surface area contributed by atoms with E-state index in [2.05, 4.69) is 48.6 Å². The van der Waals surface area contributed by atoms with Gasteiger partial charge in [-0.1, -0.05) is 61.7 Å². The summed E-state index contributed by atoms with van der Waals surface area (Å²) in [6, 6.07) is 10.6. The van der Waals surface area contributed by atoms with Crippen molar-refractivity contribution in [1.82, 2.24) is 10.2 Å². The lowest BCUT2D eigenvalue weighted by Crippen LogP contribution is -2.43. The fourth-order valence-corrected chi connectivity index (χ4v) is 3.68. The van der Waals surface area contributed by atoms with Gasteiger partial charge in [0, 0.05) is 19.6 Å². The third-order valence-corrected chi connectivity index (χ3v) is 5.32. The summed E-state index contributed by atoms with van der Waals surface area (Å²) in [6.07, 6.45) is 9.20. The van der Waals surface area contributed by atoms with Gasteiger partial charge < -0.3 is 15.0 Å². The van der Waals surface area contributed by atoms with Crippen molar-refractivity contribution < 1.29 is 9.53 Å². The molecule has 1 aromatic carbocycles. The molecule has 1 heterocycles. The second-order valence-corrected chi connectivity index (χ2v) is 9.21. The lowest BCUT2D eigenvalue weighted by Gasteiger charge is -2.33. The lowest BCUT2D eigenvalue weighted by molar-refractivity contribution is 0.0184. The topological polar surface area (TPSA) is 41.6 Å². The molecule has 1 fully saturated rings. The molecule has 1 aliphatic rings. The quantitative estimate of drug-likeness (QED) is 0.526. The van der Waals surface area contributed by atoms with Crippen molar-refractivity contribution in [3.05, 3.63) is 41.5 Å². The third kappa shape index (κ3) is 9.49. The summed E-state index contributed by atoms with van der Waals surface area (Å²) in [7, 11) is 0. The molecule has 0 bridgehead atoms. The van der Waals surface area contributed by atoms with Crippen LogP contribution >= 0.6 is 0 Å². The number of carbonyl (C=O) groups excluding carboxylic acids is 1. The molecular weight excluding hydrogens is 360 g/mol. The second-order valence-electron chi connectivity index (χ2n) is 9.21. The Labute approximate surface area is 177 Å². The van der Waals surface area contributed by atoms with Crippen LogP contribution in [0, 0.1) is 5.92 Å². The number of ether oxygens (including phenoxy) is 1. The first-order chi connectivity index (χ1) is 13.9. The van der Waals surface area contributed by atoms with Gasteiger partial charge in [0.25, 0.3) is 0 Å². The highest BCUT2D eigenvalue weighted by Crippen LogP contribution is 2.20. The molecule has 0 saturated carbocycles. The number of carbonyl (C=O) groups is 1. The zero-order chi connectivity index (χ0) is 21.1. The number of nitrogens with zero attached hydrogens (tertiary/aromatic N) is 1. The van der Waals surface area contributed by atoms with E-state index in [4.69, 9.17) is 4.74 Å². The van der Waals surface area contributed by atoms with Crippen LogP contribution in [0.4, 0.5) is 4.79 Å². The van der Waals surface area contributed by atoms with Gasteiger partial charge in [-0.2, -0.15) is 0 Å². The van der Waals surface area contributed by atoms with E-state index in [9.17, 15) is 4.79 Å². The molecule has 2 rings (SSSR count). The summed E-state index contributed by atoms with van der Waals surface area (Å²) >= 11 is 0. The summed E-state index contributed by atoms with van der Waals surface area (Å²) in [6.45, 7) is 11.6. The smallest absolute Gasteiger partial charge is 0.410 e. The van der Waals surface area contributed by atoms with E-state index in [1.807, 2.05) is 25.7 Å². The van der Waals surface area contributed by atoms with Crippen LogP contribution in [0.15, 0.2) is 35.9 Å². The molecule has 0 radical (unpaired) electrons. The average molecular weight is 401 g/mol. The van der Waals surface area contributed by atoms with Crippen LogP contribution in [0.2, 0.25) is 0 Å². The normalized spacial score (nSPS) is 16.1. The van der Waals surface area contributed by atoms with Crippen LogP contribution in [0.25, 0.3) is 6.08 Å². The molecule has 0 atom stereocenters. The summed E-state index contributed by atoms with van der Waals surface area (Å²) in [5, 5.41) is 3.68. The van der Waals surface area contributed by atoms with Crippen LogP contribution in [0.3, 0.4) is 0 Å². The Balaban J connectivity index is 1.76. The van der Waals surface area contributed by atoms with Gasteiger partial charge in [-0.15, -0.1) is 0 Å². The molecule has 162 valence electrons. The minimum Gasteiger partial charge on any atom is -0.444 e. The van der Waals surface area contributed by atoms with Crippen molar-refractivity contribution in [2.24, 2.45) is 5.92 Å². The largest absolute Gasteiger partial charge is 0.444 e. The number of amides is 1. The average Bonchev–Trinajstić information content (AvgIpc) is 2.68. The van der Waals surface area contributed by atoms with Gasteiger partial charge in [0.1, 0.15) is 5.60 Å². The Kier molecular flexibility index (Phi) is 9.72. The number of benzene rings is 1. The van der Waals surface area contributed by atoms with E-state index in [1.165, 1.54) is 30.4 Å². The molecule has 1 aliphatic heterocycles. The Morgan fingerprint density at radius 1 is 1.17 bits per heavy atom. The van der Waals surface area contributed by atoms with Gasteiger partial charge in [-0.25, -0.2) is 4.79 Å². The monoisotopic (exact) mass is 400 g/mol. The van der Waals surface area contributed by atoms with Crippen molar-refractivity contribution in [1.29, 1.82) is 0 Å². The Morgan fingerprint density at radius 3 is 2.48 bits per heavy atom. The maximum atomic E-state index is 12.2.